The highest BCUT2D eigenvalue weighted by Gasteiger charge is 2.31. The number of hydrogen-bond acceptors (Lipinski definition) is 4. The van der Waals surface area contributed by atoms with Crippen molar-refractivity contribution in [3.63, 3.8) is 0 Å². The molecule has 0 bridgehead atoms. The number of rotatable bonds is 3. The molecule has 1 N–H and O–H groups in total. The molecule has 2 aliphatic rings. The van der Waals surface area contributed by atoms with Crippen LogP contribution < -0.4 is 0 Å². The van der Waals surface area contributed by atoms with Crippen molar-refractivity contribution in [1.29, 1.82) is 0 Å². The molecule has 6 heteroatoms. The minimum Gasteiger partial charge on any atom is -0.481 e. The molecular weight excluding hydrogens is 256 g/mol. The van der Waals surface area contributed by atoms with Crippen LogP contribution in [0.2, 0.25) is 0 Å². The highest BCUT2D eigenvalue weighted by Crippen LogP contribution is 2.30. The number of carboxylic acid groups (broad SMARTS) is 1. The lowest BCUT2D eigenvalue weighted by Crippen LogP contribution is -2.34. The lowest BCUT2D eigenvalue weighted by Gasteiger charge is -2.31. The van der Waals surface area contributed by atoms with Crippen LogP contribution in [0, 0.1) is 5.92 Å². The summed E-state index contributed by atoms with van der Waals surface area (Å²) < 4.78 is 2.08. The van der Waals surface area contributed by atoms with Crippen LogP contribution >= 0.6 is 0 Å². The molecule has 0 spiro atoms. The Bertz CT molecular complexity index is 491. The number of aryl methyl sites for hydroxylation is 1. The minimum absolute atomic E-state index is 0.284. The van der Waals surface area contributed by atoms with Gasteiger partial charge in [-0.15, -0.1) is 10.2 Å². The van der Waals surface area contributed by atoms with Crippen LogP contribution in [0.4, 0.5) is 0 Å². The first kappa shape index (κ1) is 13.5. The fraction of sp³-hybridized carbons (Fsp3) is 0.786. The van der Waals surface area contributed by atoms with Crippen molar-refractivity contribution >= 4 is 5.97 Å². The van der Waals surface area contributed by atoms with E-state index >= 15 is 0 Å². The SMILES string of the molecule is CCN1CCC(c2nnc3n2CC(C(=O)O)CC3)CC1. The molecule has 1 aromatic rings. The number of aliphatic carboxylic acids is 1. The molecule has 20 heavy (non-hydrogen) atoms. The molecule has 1 aromatic heterocycles. The Morgan fingerprint density at radius 2 is 2.05 bits per heavy atom. The second kappa shape index (κ2) is 5.52. The number of carboxylic acids is 1. The van der Waals surface area contributed by atoms with Gasteiger partial charge in [-0.3, -0.25) is 4.79 Å². The summed E-state index contributed by atoms with van der Waals surface area (Å²) in [6.45, 7) is 6.04. The van der Waals surface area contributed by atoms with Crippen LogP contribution in [0.1, 0.15) is 43.8 Å². The van der Waals surface area contributed by atoms with Gasteiger partial charge in [-0.25, -0.2) is 0 Å². The second-order valence-electron chi connectivity index (χ2n) is 5.87. The summed E-state index contributed by atoms with van der Waals surface area (Å²) in [7, 11) is 0. The molecule has 6 nitrogen and oxygen atoms in total. The minimum atomic E-state index is -0.698. The first-order valence-electron chi connectivity index (χ1n) is 7.56. The van der Waals surface area contributed by atoms with Gasteiger partial charge in [0.25, 0.3) is 0 Å². The van der Waals surface area contributed by atoms with E-state index in [1.54, 1.807) is 0 Å². The molecule has 0 aliphatic carbocycles. The molecule has 2 aliphatic heterocycles. The lowest BCUT2D eigenvalue weighted by molar-refractivity contribution is -0.142. The van der Waals surface area contributed by atoms with E-state index in [2.05, 4.69) is 26.6 Å². The Balaban J connectivity index is 1.76. The predicted molar refractivity (Wildman–Crippen MR) is 73.6 cm³/mol. The van der Waals surface area contributed by atoms with Gasteiger partial charge < -0.3 is 14.6 Å². The molecule has 0 amide bonds. The molecule has 3 heterocycles. The van der Waals surface area contributed by atoms with Crippen LogP contribution in [-0.4, -0.2) is 50.4 Å². The Morgan fingerprint density at radius 1 is 1.30 bits per heavy atom. The third kappa shape index (κ3) is 2.44. The van der Waals surface area contributed by atoms with Crippen molar-refractivity contribution in [3.05, 3.63) is 11.6 Å². The summed E-state index contributed by atoms with van der Waals surface area (Å²) in [5.41, 5.74) is 0. The first-order valence-corrected chi connectivity index (χ1v) is 7.56. The average molecular weight is 278 g/mol. The van der Waals surface area contributed by atoms with E-state index in [0.717, 1.165) is 50.5 Å². The topological polar surface area (TPSA) is 71.2 Å². The van der Waals surface area contributed by atoms with Crippen LogP contribution in [0.15, 0.2) is 0 Å². The number of piperidine rings is 1. The number of carbonyl (C=O) groups is 1. The van der Waals surface area contributed by atoms with Gasteiger partial charge in [0, 0.05) is 18.9 Å². The van der Waals surface area contributed by atoms with E-state index in [9.17, 15) is 9.90 Å². The highest BCUT2D eigenvalue weighted by molar-refractivity contribution is 5.70. The number of fused-ring (bicyclic) bond motifs is 1. The van der Waals surface area contributed by atoms with Crippen LogP contribution in [0.25, 0.3) is 0 Å². The molecule has 1 atom stereocenters. The van der Waals surface area contributed by atoms with E-state index in [4.69, 9.17) is 0 Å². The fourth-order valence-corrected chi connectivity index (χ4v) is 3.36. The zero-order valence-corrected chi connectivity index (χ0v) is 12.0. The maximum atomic E-state index is 11.2. The van der Waals surface area contributed by atoms with E-state index in [-0.39, 0.29) is 5.92 Å². The van der Waals surface area contributed by atoms with Crippen molar-refractivity contribution in [1.82, 2.24) is 19.7 Å². The van der Waals surface area contributed by atoms with Crippen molar-refractivity contribution in [2.45, 2.75) is 45.1 Å². The third-order valence-electron chi connectivity index (χ3n) is 4.72. The quantitative estimate of drug-likeness (QED) is 0.897. The van der Waals surface area contributed by atoms with Crippen molar-refractivity contribution < 1.29 is 9.90 Å². The van der Waals surface area contributed by atoms with Crippen LogP contribution in [0.5, 0.6) is 0 Å². The van der Waals surface area contributed by atoms with E-state index in [1.807, 2.05) is 0 Å². The van der Waals surface area contributed by atoms with Crippen molar-refractivity contribution in [3.8, 4) is 0 Å². The number of nitrogens with zero attached hydrogens (tertiary/aromatic N) is 4. The lowest BCUT2D eigenvalue weighted by atomic mass is 9.94. The van der Waals surface area contributed by atoms with Gasteiger partial charge in [-0.1, -0.05) is 6.92 Å². The molecular formula is C14H22N4O2. The summed E-state index contributed by atoms with van der Waals surface area (Å²) in [5, 5.41) is 17.8. The van der Waals surface area contributed by atoms with Gasteiger partial charge >= 0.3 is 5.97 Å². The summed E-state index contributed by atoms with van der Waals surface area (Å²) >= 11 is 0. The number of aromatic nitrogens is 3. The summed E-state index contributed by atoms with van der Waals surface area (Å²) in [5.74, 6) is 1.44. The molecule has 0 saturated carbocycles. The van der Waals surface area contributed by atoms with Crippen molar-refractivity contribution in [2.24, 2.45) is 5.92 Å². The van der Waals surface area contributed by atoms with E-state index in [1.165, 1.54) is 0 Å². The Morgan fingerprint density at radius 3 is 2.70 bits per heavy atom. The molecule has 0 aromatic carbocycles. The molecule has 1 saturated heterocycles. The van der Waals surface area contributed by atoms with Gasteiger partial charge in [0.05, 0.1) is 5.92 Å². The Kier molecular flexibility index (Phi) is 3.74. The Labute approximate surface area is 118 Å². The van der Waals surface area contributed by atoms with Crippen molar-refractivity contribution in [2.75, 3.05) is 19.6 Å². The monoisotopic (exact) mass is 278 g/mol. The van der Waals surface area contributed by atoms with E-state index < -0.39 is 5.97 Å². The van der Waals surface area contributed by atoms with Gasteiger partial charge in [-0.2, -0.15) is 0 Å². The fourth-order valence-electron chi connectivity index (χ4n) is 3.36. The molecule has 1 fully saturated rings. The predicted octanol–water partition coefficient (Wildman–Crippen LogP) is 1.12. The van der Waals surface area contributed by atoms with Gasteiger partial charge in [0.2, 0.25) is 0 Å². The Hall–Kier alpha value is -1.43. The second-order valence-corrected chi connectivity index (χ2v) is 5.87. The molecule has 3 rings (SSSR count). The summed E-state index contributed by atoms with van der Waals surface area (Å²) in [4.78, 5) is 13.6. The zero-order valence-electron chi connectivity index (χ0n) is 12.0. The average Bonchev–Trinajstić information content (AvgIpc) is 2.90. The summed E-state index contributed by atoms with van der Waals surface area (Å²) in [6, 6.07) is 0. The maximum absolute atomic E-state index is 11.2. The van der Waals surface area contributed by atoms with Gasteiger partial charge in [0.15, 0.2) is 0 Å². The van der Waals surface area contributed by atoms with Crippen LogP contribution in [0.3, 0.4) is 0 Å². The molecule has 0 radical (unpaired) electrons. The van der Waals surface area contributed by atoms with Crippen LogP contribution in [-0.2, 0) is 17.8 Å². The first-order chi connectivity index (χ1) is 9.69. The number of hydrogen-bond donors (Lipinski definition) is 1. The van der Waals surface area contributed by atoms with Gasteiger partial charge in [0.1, 0.15) is 11.6 Å². The normalized spacial score (nSPS) is 24.6. The molecule has 110 valence electrons. The summed E-state index contributed by atoms with van der Waals surface area (Å²) in [6.07, 6.45) is 3.62. The third-order valence-corrected chi connectivity index (χ3v) is 4.72. The maximum Gasteiger partial charge on any atom is 0.308 e. The smallest absolute Gasteiger partial charge is 0.308 e. The number of likely N-dealkylation sites (tertiary alicyclic amines) is 1. The van der Waals surface area contributed by atoms with E-state index in [0.29, 0.717) is 18.9 Å². The molecule has 1 unspecified atom stereocenters. The zero-order chi connectivity index (χ0) is 14.1. The standard InChI is InChI=1S/C14H22N4O2/c1-2-17-7-5-10(6-8-17)13-16-15-12-4-3-11(14(19)20)9-18(12)13/h10-11H,2-9H2,1H3,(H,19,20). The van der Waals surface area contributed by atoms with Gasteiger partial charge in [-0.05, 0) is 38.9 Å². The largest absolute Gasteiger partial charge is 0.481 e. The highest BCUT2D eigenvalue weighted by atomic mass is 16.4.